The number of thiazole rings is 1. The number of fused-ring (bicyclic) bond motifs is 1. The number of aryl methyl sites for hydroxylation is 1. The van der Waals surface area contributed by atoms with E-state index in [1.165, 1.54) is 24.2 Å². The third kappa shape index (κ3) is 2.99. The second-order valence-corrected chi connectivity index (χ2v) is 7.15. The Morgan fingerprint density at radius 2 is 2.29 bits per heavy atom. The average Bonchev–Trinajstić information content (AvgIpc) is 3.19. The van der Waals surface area contributed by atoms with Crippen LogP contribution in [0.1, 0.15) is 30.7 Å². The van der Waals surface area contributed by atoms with Gasteiger partial charge in [0.05, 0.1) is 12.2 Å². The summed E-state index contributed by atoms with van der Waals surface area (Å²) in [4.78, 5) is 24.3. The number of piperidine rings is 1. The first kappa shape index (κ1) is 15.5. The van der Waals surface area contributed by atoms with E-state index in [0.717, 1.165) is 35.9 Å². The van der Waals surface area contributed by atoms with Crippen LogP contribution in [0.25, 0.3) is 4.96 Å². The minimum absolute atomic E-state index is 0.0126. The Balaban J connectivity index is 1.57. The van der Waals surface area contributed by atoms with Crippen LogP contribution in [0.15, 0.2) is 28.9 Å². The van der Waals surface area contributed by atoms with E-state index in [9.17, 15) is 4.79 Å². The van der Waals surface area contributed by atoms with Crippen molar-refractivity contribution < 1.29 is 0 Å². The molecule has 0 aromatic carbocycles. The van der Waals surface area contributed by atoms with Gasteiger partial charge in [-0.3, -0.25) is 18.8 Å². The molecule has 3 aromatic rings. The first-order chi connectivity index (χ1) is 11.7. The molecular weight excluding hydrogens is 324 g/mol. The highest BCUT2D eigenvalue weighted by Crippen LogP contribution is 2.21. The van der Waals surface area contributed by atoms with Crippen LogP contribution in [0.2, 0.25) is 0 Å². The molecule has 1 fully saturated rings. The zero-order chi connectivity index (χ0) is 16.5. The fourth-order valence-corrected chi connectivity index (χ4v) is 4.30. The van der Waals surface area contributed by atoms with Gasteiger partial charge in [-0.15, -0.1) is 11.3 Å². The van der Waals surface area contributed by atoms with Gasteiger partial charge in [0.1, 0.15) is 12.7 Å². The van der Waals surface area contributed by atoms with Gasteiger partial charge in [-0.05, 0) is 26.3 Å². The summed E-state index contributed by atoms with van der Waals surface area (Å²) < 4.78 is 3.56. The molecule has 3 aromatic heterocycles. The highest BCUT2D eigenvalue weighted by molar-refractivity contribution is 7.15. The van der Waals surface area contributed by atoms with Gasteiger partial charge in [-0.1, -0.05) is 6.42 Å². The van der Waals surface area contributed by atoms with Crippen LogP contribution in [-0.4, -0.2) is 41.6 Å². The first-order valence-electron chi connectivity index (χ1n) is 8.24. The molecule has 1 atom stereocenters. The number of hydrogen-bond acceptors (Lipinski definition) is 6. The zero-order valence-corrected chi connectivity index (χ0v) is 14.4. The van der Waals surface area contributed by atoms with Gasteiger partial charge in [0, 0.05) is 29.7 Å². The lowest BCUT2D eigenvalue weighted by Gasteiger charge is -2.35. The van der Waals surface area contributed by atoms with E-state index in [0.29, 0.717) is 12.6 Å². The summed E-state index contributed by atoms with van der Waals surface area (Å²) >= 11 is 1.52. The third-order valence-electron chi connectivity index (χ3n) is 4.61. The average molecular weight is 344 g/mol. The Labute approximate surface area is 143 Å². The summed E-state index contributed by atoms with van der Waals surface area (Å²) in [7, 11) is 0. The summed E-state index contributed by atoms with van der Waals surface area (Å²) in [6, 6.07) is 2.08. The van der Waals surface area contributed by atoms with E-state index in [1.807, 2.05) is 17.0 Å². The Bertz CT molecular complexity index is 884. The van der Waals surface area contributed by atoms with Crippen LogP contribution in [0.4, 0.5) is 0 Å². The Hall–Kier alpha value is -2.06. The fraction of sp³-hybridized carbons (Fsp3) is 0.500. The van der Waals surface area contributed by atoms with Crippen molar-refractivity contribution in [3.63, 3.8) is 0 Å². The second-order valence-electron chi connectivity index (χ2n) is 6.32. The Morgan fingerprint density at radius 3 is 3.12 bits per heavy atom. The molecule has 0 saturated carbocycles. The van der Waals surface area contributed by atoms with Crippen molar-refractivity contribution in [1.82, 2.24) is 29.0 Å². The van der Waals surface area contributed by atoms with E-state index in [-0.39, 0.29) is 5.56 Å². The summed E-state index contributed by atoms with van der Waals surface area (Å²) in [5.74, 6) is 0. The SMILES string of the molecule is Cc1csc2nc(CN3CCCC[C@H]3Cn3cncn3)cc(=O)n12. The monoisotopic (exact) mass is 344 g/mol. The maximum atomic E-state index is 12.3. The minimum Gasteiger partial charge on any atom is -0.293 e. The lowest BCUT2D eigenvalue weighted by molar-refractivity contribution is 0.120. The second kappa shape index (κ2) is 6.45. The highest BCUT2D eigenvalue weighted by atomic mass is 32.1. The number of rotatable bonds is 4. The summed E-state index contributed by atoms with van der Waals surface area (Å²) in [5.41, 5.74) is 1.81. The molecule has 0 N–H and O–H groups in total. The van der Waals surface area contributed by atoms with Gasteiger partial charge in [-0.25, -0.2) is 9.97 Å². The molecular formula is C16H20N6OS. The molecule has 4 rings (SSSR count). The van der Waals surface area contributed by atoms with E-state index in [1.54, 1.807) is 23.1 Å². The van der Waals surface area contributed by atoms with Gasteiger partial charge in [0.2, 0.25) is 0 Å². The molecule has 7 nitrogen and oxygen atoms in total. The Morgan fingerprint density at radius 1 is 1.38 bits per heavy atom. The lowest BCUT2D eigenvalue weighted by Crippen LogP contribution is -2.42. The molecule has 1 aliphatic heterocycles. The smallest absolute Gasteiger partial charge is 0.259 e. The zero-order valence-electron chi connectivity index (χ0n) is 13.6. The van der Waals surface area contributed by atoms with Crippen molar-refractivity contribution in [2.75, 3.05) is 6.54 Å². The van der Waals surface area contributed by atoms with E-state index in [4.69, 9.17) is 0 Å². The quantitative estimate of drug-likeness (QED) is 0.721. The number of aromatic nitrogens is 5. The standard InChI is InChI=1S/C16H20N6OS/c1-12-9-24-16-19-13(6-15(23)22(12)16)7-20-5-3-2-4-14(20)8-21-11-17-10-18-21/h6,9-11,14H,2-5,7-8H2,1H3/t14-/m0/s1. The third-order valence-corrected chi connectivity index (χ3v) is 5.55. The van der Waals surface area contributed by atoms with Crippen molar-refractivity contribution >= 4 is 16.3 Å². The van der Waals surface area contributed by atoms with Gasteiger partial charge >= 0.3 is 0 Å². The predicted molar refractivity (Wildman–Crippen MR) is 92.1 cm³/mol. The molecule has 8 heteroatoms. The minimum atomic E-state index is 0.0126. The fourth-order valence-electron chi connectivity index (χ4n) is 3.41. The largest absolute Gasteiger partial charge is 0.293 e. The van der Waals surface area contributed by atoms with E-state index < -0.39 is 0 Å². The molecule has 1 aliphatic rings. The topological polar surface area (TPSA) is 68.3 Å². The number of likely N-dealkylation sites (tertiary alicyclic amines) is 1. The Kier molecular flexibility index (Phi) is 4.15. The van der Waals surface area contributed by atoms with E-state index in [2.05, 4.69) is 20.0 Å². The number of hydrogen-bond donors (Lipinski definition) is 0. The molecule has 0 spiro atoms. The predicted octanol–water partition coefficient (Wildman–Crippen LogP) is 1.71. The van der Waals surface area contributed by atoms with Crippen LogP contribution >= 0.6 is 11.3 Å². The van der Waals surface area contributed by atoms with Crippen molar-refractivity contribution in [3.05, 3.63) is 45.8 Å². The number of nitrogens with zero attached hydrogens (tertiary/aromatic N) is 6. The first-order valence-corrected chi connectivity index (χ1v) is 9.12. The molecule has 0 aliphatic carbocycles. The normalized spacial score (nSPS) is 19.1. The van der Waals surface area contributed by atoms with Crippen LogP contribution in [0, 0.1) is 6.92 Å². The van der Waals surface area contributed by atoms with Crippen molar-refractivity contribution in [2.24, 2.45) is 0 Å². The maximum absolute atomic E-state index is 12.3. The van der Waals surface area contributed by atoms with Crippen molar-refractivity contribution in [2.45, 2.75) is 45.3 Å². The molecule has 4 heterocycles. The van der Waals surface area contributed by atoms with Crippen LogP contribution < -0.4 is 5.56 Å². The van der Waals surface area contributed by atoms with Crippen molar-refractivity contribution in [3.8, 4) is 0 Å². The summed E-state index contributed by atoms with van der Waals surface area (Å²) in [5, 5.41) is 6.20. The molecule has 126 valence electrons. The molecule has 24 heavy (non-hydrogen) atoms. The lowest BCUT2D eigenvalue weighted by atomic mass is 10.0. The van der Waals surface area contributed by atoms with Crippen molar-refractivity contribution in [1.29, 1.82) is 0 Å². The molecule has 1 saturated heterocycles. The van der Waals surface area contributed by atoms with Crippen LogP contribution in [-0.2, 0) is 13.1 Å². The van der Waals surface area contributed by atoms with Gasteiger partial charge in [-0.2, -0.15) is 5.10 Å². The van der Waals surface area contributed by atoms with Gasteiger partial charge < -0.3 is 0 Å². The van der Waals surface area contributed by atoms with E-state index >= 15 is 0 Å². The maximum Gasteiger partial charge on any atom is 0.259 e. The molecule has 0 radical (unpaired) electrons. The van der Waals surface area contributed by atoms with Gasteiger partial charge in [0.25, 0.3) is 5.56 Å². The molecule has 0 bridgehead atoms. The molecule has 0 unspecified atom stereocenters. The van der Waals surface area contributed by atoms with Crippen LogP contribution in [0.5, 0.6) is 0 Å². The highest BCUT2D eigenvalue weighted by Gasteiger charge is 2.24. The molecule has 0 amide bonds. The summed E-state index contributed by atoms with van der Waals surface area (Å²) in [6.07, 6.45) is 6.89. The van der Waals surface area contributed by atoms with Gasteiger partial charge in [0.15, 0.2) is 4.96 Å². The van der Waals surface area contributed by atoms with Crippen LogP contribution in [0.3, 0.4) is 0 Å². The summed E-state index contributed by atoms with van der Waals surface area (Å²) in [6.45, 7) is 4.51.